The first-order valence-electron chi connectivity index (χ1n) is 6.87. The molecule has 1 unspecified atom stereocenters. The molecule has 1 atom stereocenters. The Balaban J connectivity index is 2.57. The topological polar surface area (TPSA) is 46.1 Å². The fraction of sp³-hybridized carbons (Fsp3) is 0.643. The van der Waals surface area contributed by atoms with Gasteiger partial charge in [0.05, 0.1) is 0 Å². The Morgan fingerprint density at radius 2 is 2.17 bits per heavy atom. The quantitative estimate of drug-likeness (QED) is 0.743. The van der Waals surface area contributed by atoms with E-state index < -0.39 is 0 Å². The van der Waals surface area contributed by atoms with Gasteiger partial charge in [-0.15, -0.1) is 0 Å². The molecule has 1 rings (SSSR count). The molecule has 0 aliphatic heterocycles. The van der Waals surface area contributed by atoms with Gasteiger partial charge in [-0.1, -0.05) is 13.8 Å². The number of nitrogens with one attached hydrogen (secondary N) is 2. The first kappa shape index (κ1) is 14.8. The van der Waals surface area contributed by atoms with Crippen LogP contribution in [-0.4, -0.2) is 23.6 Å². The van der Waals surface area contributed by atoms with Crippen molar-refractivity contribution in [1.29, 1.82) is 0 Å². The van der Waals surface area contributed by atoms with Crippen LogP contribution in [-0.2, 0) is 11.3 Å². The first-order valence-corrected chi connectivity index (χ1v) is 6.87. The summed E-state index contributed by atoms with van der Waals surface area (Å²) >= 11 is 0. The second kappa shape index (κ2) is 7.93. The molecule has 4 heteroatoms. The highest BCUT2D eigenvalue weighted by atomic mass is 16.1. The third kappa shape index (κ3) is 4.53. The van der Waals surface area contributed by atoms with E-state index >= 15 is 0 Å². The van der Waals surface area contributed by atoms with Gasteiger partial charge in [0.2, 0.25) is 5.91 Å². The Labute approximate surface area is 110 Å². The largest absolute Gasteiger partial charge is 0.355 e. The standard InChI is InChI=1S/C14H25N3O/c1-4-8-16-13(5-2)12-7-9-17(10-12)11-14(18)15-6-3/h7,9-10,13,16H,4-6,8,11H2,1-3H3,(H,15,18). The van der Waals surface area contributed by atoms with Crippen molar-refractivity contribution in [3.8, 4) is 0 Å². The average Bonchev–Trinajstić information content (AvgIpc) is 2.79. The summed E-state index contributed by atoms with van der Waals surface area (Å²) in [7, 11) is 0. The van der Waals surface area contributed by atoms with E-state index in [1.165, 1.54) is 5.56 Å². The van der Waals surface area contributed by atoms with Gasteiger partial charge in [0.25, 0.3) is 0 Å². The molecule has 0 saturated heterocycles. The van der Waals surface area contributed by atoms with Crippen LogP contribution in [0, 0.1) is 0 Å². The van der Waals surface area contributed by atoms with E-state index in [0.29, 0.717) is 19.1 Å². The van der Waals surface area contributed by atoms with Crippen molar-refractivity contribution >= 4 is 5.91 Å². The lowest BCUT2D eigenvalue weighted by molar-refractivity contribution is -0.121. The predicted octanol–water partition coefficient (Wildman–Crippen LogP) is 2.07. The minimum absolute atomic E-state index is 0.0641. The lowest BCUT2D eigenvalue weighted by Gasteiger charge is -2.15. The van der Waals surface area contributed by atoms with Gasteiger partial charge in [0, 0.05) is 25.0 Å². The summed E-state index contributed by atoms with van der Waals surface area (Å²) in [4.78, 5) is 11.5. The lowest BCUT2D eigenvalue weighted by atomic mass is 10.1. The second-order valence-electron chi connectivity index (χ2n) is 4.49. The third-order valence-electron chi connectivity index (χ3n) is 2.92. The van der Waals surface area contributed by atoms with E-state index in [-0.39, 0.29) is 5.91 Å². The van der Waals surface area contributed by atoms with Crippen molar-refractivity contribution in [3.63, 3.8) is 0 Å². The fourth-order valence-corrected chi connectivity index (χ4v) is 2.00. The Morgan fingerprint density at radius 3 is 2.78 bits per heavy atom. The molecule has 102 valence electrons. The summed E-state index contributed by atoms with van der Waals surface area (Å²) < 4.78 is 1.94. The Kier molecular flexibility index (Phi) is 6.50. The van der Waals surface area contributed by atoms with Gasteiger partial charge in [-0.05, 0) is 37.9 Å². The van der Waals surface area contributed by atoms with Gasteiger partial charge in [-0.3, -0.25) is 4.79 Å². The molecule has 0 bridgehead atoms. The van der Waals surface area contributed by atoms with Gasteiger partial charge in [-0.25, -0.2) is 0 Å². The maximum absolute atomic E-state index is 11.5. The highest BCUT2D eigenvalue weighted by Crippen LogP contribution is 2.16. The van der Waals surface area contributed by atoms with Crippen LogP contribution in [0.4, 0.5) is 0 Å². The SMILES string of the molecule is CCCNC(CC)c1ccn(CC(=O)NCC)c1. The number of aromatic nitrogens is 1. The van der Waals surface area contributed by atoms with Crippen molar-refractivity contribution in [1.82, 2.24) is 15.2 Å². The fourth-order valence-electron chi connectivity index (χ4n) is 2.00. The van der Waals surface area contributed by atoms with Crippen LogP contribution >= 0.6 is 0 Å². The lowest BCUT2D eigenvalue weighted by Crippen LogP contribution is -2.26. The molecule has 0 spiro atoms. The summed E-state index contributed by atoms with van der Waals surface area (Å²) in [6, 6.07) is 2.48. The monoisotopic (exact) mass is 251 g/mol. The van der Waals surface area contributed by atoms with Crippen molar-refractivity contribution in [2.75, 3.05) is 13.1 Å². The van der Waals surface area contributed by atoms with Crippen LogP contribution < -0.4 is 10.6 Å². The average molecular weight is 251 g/mol. The van der Waals surface area contributed by atoms with Crippen molar-refractivity contribution in [3.05, 3.63) is 24.0 Å². The highest BCUT2D eigenvalue weighted by Gasteiger charge is 2.10. The van der Waals surface area contributed by atoms with Crippen LogP contribution in [0.2, 0.25) is 0 Å². The molecule has 0 aliphatic carbocycles. The van der Waals surface area contributed by atoms with E-state index in [2.05, 4.69) is 36.7 Å². The van der Waals surface area contributed by atoms with Crippen LogP contribution in [0.5, 0.6) is 0 Å². The molecule has 0 saturated carbocycles. The summed E-state index contributed by atoms with van der Waals surface area (Å²) in [5, 5.41) is 6.32. The van der Waals surface area contributed by atoms with Gasteiger partial charge < -0.3 is 15.2 Å². The summed E-state index contributed by atoms with van der Waals surface area (Å²) in [6.07, 6.45) is 6.23. The molecule has 0 aromatic carbocycles. The van der Waals surface area contributed by atoms with Gasteiger partial charge >= 0.3 is 0 Å². The number of nitrogens with zero attached hydrogens (tertiary/aromatic N) is 1. The van der Waals surface area contributed by atoms with Gasteiger partial charge in [0.1, 0.15) is 6.54 Å². The van der Waals surface area contributed by atoms with Crippen LogP contribution in [0.15, 0.2) is 18.5 Å². The molecule has 18 heavy (non-hydrogen) atoms. The number of rotatable bonds is 8. The van der Waals surface area contributed by atoms with E-state index in [1.54, 1.807) is 0 Å². The molecule has 1 heterocycles. The smallest absolute Gasteiger partial charge is 0.239 e. The first-order chi connectivity index (χ1) is 8.71. The van der Waals surface area contributed by atoms with E-state index in [9.17, 15) is 4.79 Å². The minimum Gasteiger partial charge on any atom is -0.355 e. The van der Waals surface area contributed by atoms with Crippen LogP contribution in [0.1, 0.15) is 45.2 Å². The number of likely N-dealkylation sites (N-methyl/N-ethyl adjacent to an activating group) is 1. The molecular formula is C14H25N3O. The predicted molar refractivity (Wildman–Crippen MR) is 74.4 cm³/mol. The van der Waals surface area contributed by atoms with Gasteiger partial charge in [0.15, 0.2) is 0 Å². The maximum atomic E-state index is 11.5. The number of hydrogen-bond donors (Lipinski definition) is 2. The zero-order valence-electron chi connectivity index (χ0n) is 11.7. The number of carbonyl (C=O) groups excluding carboxylic acids is 1. The van der Waals surface area contributed by atoms with Crippen molar-refractivity contribution < 1.29 is 4.79 Å². The molecule has 0 aliphatic rings. The number of carbonyl (C=O) groups is 1. The summed E-state index contributed by atoms with van der Waals surface area (Å²) in [6.45, 7) is 8.38. The minimum atomic E-state index is 0.0641. The third-order valence-corrected chi connectivity index (χ3v) is 2.92. The molecule has 1 aromatic heterocycles. The molecule has 2 N–H and O–H groups in total. The summed E-state index contributed by atoms with van der Waals surface area (Å²) in [5.74, 6) is 0.0641. The van der Waals surface area contributed by atoms with Crippen molar-refractivity contribution in [2.24, 2.45) is 0 Å². The highest BCUT2D eigenvalue weighted by molar-refractivity contribution is 5.75. The van der Waals surface area contributed by atoms with Crippen molar-refractivity contribution in [2.45, 2.75) is 46.2 Å². The molecule has 0 radical (unpaired) electrons. The van der Waals surface area contributed by atoms with E-state index in [1.807, 2.05) is 17.7 Å². The molecule has 4 nitrogen and oxygen atoms in total. The van der Waals surface area contributed by atoms with E-state index in [4.69, 9.17) is 0 Å². The molecule has 1 aromatic rings. The van der Waals surface area contributed by atoms with Gasteiger partial charge in [-0.2, -0.15) is 0 Å². The second-order valence-corrected chi connectivity index (χ2v) is 4.49. The molecular weight excluding hydrogens is 226 g/mol. The van der Waals surface area contributed by atoms with Crippen LogP contribution in [0.25, 0.3) is 0 Å². The zero-order chi connectivity index (χ0) is 13.4. The Morgan fingerprint density at radius 1 is 1.39 bits per heavy atom. The maximum Gasteiger partial charge on any atom is 0.239 e. The Bertz CT molecular complexity index is 360. The number of hydrogen-bond acceptors (Lipinski definition) is 2. The normalized spacial score (nSPS) is 12.4. The van der Waals surface area contributed by atoms with Crippen LogP contribution in [0.3, 0.4) is 0 Å². The molecule has 0 fully saturated rings. The molecule has 1 amide bonds. The Hall–Kier alpha value is -1.29. The zero-order valence-corrected chi connectivity index (χ0v) is 11.7. The summed E-state index contributed by atoms with van der Waals surface area (Å²) in [5.41, 5.74) is 1.26. The number of amides is 1. The van der Waals surface area contributed by atoms with E-state index in [0.717, 1.165) is 19.4 Å².